The van der Waals surface area contributed by atoms with E-state index < -0.39 is 0 Å². The van der Waals surface area contributed by atoms with Crippen molar-refractivity contribution in [2.45, 2.75) is 32.6 Å². The van der Waals surface area contributed by atoms with Crippen LogP contribution in [-0.4, -0.2) is 34.7 Å². The number of carbonyl (C=O) groups excluding carboxylic acids is 1. The number of amides is 1. The SMILES string of the molecule is CC1CC(=O)NN=C1c1ccc2nc(N3CCCCC3)[nH]c2c1. The summed E-state index contributed by atoms with van der Waals surface area (Å²) >= 11 is 0. The van der Waals surface area contributed by atoms with Gasteiger partial charge in [0, 0.05) is 31.0 Å². The van der Waals surface area contributed by atoms with E-state index in [-0.39, 0.29) is 11.8 Å². The van der Waals surface area contributed by atoms with Crippen LogP contribution in [0.3, 0.4) is 0 Å². The standard InChI is InChI=1S/C17H21N5O/c1-11-9-15(23)20-21-16(11)12-5-6-13-14(10-12)19-17(18-13)22-7-3-2-4-8-22/h5-6,10-11H,2-4,7-9H2,1H3,(H,18,19)(H,20,23). The number of nitrogens with zero attached hydrogens (tertiary/aromatic N) is 3. The topological polar surface area (TPSA) is 73.4 Å². The molecule has 1 atom stereocenters. The second kappa shape index (κ2) is 5.68. The summed E-state index contributed by atoms with van der Waals surface area (Å²) in [7, 11) is 0. The minimum absolute atomic E-state index is 0.0174. The number of hydrogen-bond donors (Lipinski definition) is 2. The van der Waals surface area contributed by atoms with Crippen LogP contribution in [0.15, 0.2) is 23.3 Å². The maximum atomic E-state index is 11.4. The number of benzene rings is 1. The molecule has 1 aromatic carbocycles. The average Bonchev–Trinajstić information content (AvgIpc) is 2.99. The fourth-order valence-corrected chi connectivity index (χ4v) is 3.41. The van der Waals surface area contributed by atoms with Crippen LogP contribution in [0.2, 0.25) is 0 Å². The van der Waals surface area contributed by atoms with Gasteiger partial charge in [-0.2, -0.15) is 5.10 Å². The summed E-state index contributed by atoms with van der Waals surface area (Å²) in [5, 5.41) is 4.24. The lowest BCUT2D eigenvalue weighted by molar-refractivity contribution is -0.121. The Morgan fingerprint density at radius 2 is 2.04 bits per heavy atom. The van der Waals surface area contributed by atoms with E-state index in [0.717, 1.165) is 41.3 Å². The van der Waals surface area contributed by atoms with Crippen LogP contribution in [0.25, 0.3) is 11.0 Å². The predicted octanol–water partition coefficient (Wildman–Crippen LogP) is 2.41. The van der Waals surface area contributed by atoms with Crippen molar-refractivity contribution in [1.29, 1.82) is 0 Å². The molecule has 0 radical (unpaired) electrons. The molecule has 2 aromatic rings. The number of nitrogens with one attached hydrogen (secondary N) is 2. The van der Waals surface area contributed by atoms with Crippen molar-refractivity contribution in [2.75, 3.05) is 18.0 Å². The molecule has 120 valence electrons. The van der Waals surface area contributed by atoms with Crippen molar-refractivity contribution < 1.29 is 4.79 Å². The predicted molar refractivity (Wildman–Crippen MR) is 90.6 cm³/mol. The number of aromatic amines is 1. The van der Waals surface area contributed by atoms with Gasteiger partial charge < -0.3 is 9.88 Å². The van der Waals surface area contributed by atoms with Crippen molar-refractivity contribution in [3.63, 3.8) is 0 Å². The lowest BCUT2D eigenvalue weighted by Crippen LogP contribution is -2.31. The summed E-state index contributed by atoms with van der Waals surface area (Å²) in [6.07, 6.45) is 4.26. The summed E-state index contributed by atoms with van der Waals surface area (Å²) in [6.45, 7) is 4.18. The Labute approximate surface area is 135 Å². The second-order valence-electron chi connectivity index (χ2n) is 6.48. The molecule has 6 nitrogen and oxygen atoms in total. The van der Waals surface area contributed by atoms with Gasteiger partial charge in [-0.3, -0.25) is 4.79 Å². The molecule has 0 saturated carbocycles. The fourth-order valence-electron chi connectivity index (χ4n) is 3.41. The van der Waals surface area contributed by atoms with E-state index in [1.807, 2.05) is 19.1 Å². The third kappa shape index (κ3) is 2.69. The first-order valence-electron chi connectivity index (χ1n) is 8.32. The zero-order valence-corrected chi connectivity index (χ0v) is 13.3. The van der Waals surface area contributed by atoms with Gasteiger partial charge in [0.25, 0.3) is 0 Å². The molecule has 0 spiro atoms. The maximum Gasteiger partial charge on any atom is 0.240 e. The molecular weight excluding hydrogens is 290 g/mol. The quantitative estimate of drug-likeness (QED) is 0.894. The molecule has 2 aliphatic heterocycles. The van der Waals surface area contributed by atoms with Crippen LogP contribution in [0.5, 0.6) is 0 Å². The van der Waals surface area contributed by atoms with E-state index >= 15 is 0 Å². The minimum Gasteiger partial charge on any atom is -0.342 e. The van der Waals surface area contributed by atoms with E-state index in [1.54, 1.807) is 0 Å². The summed E-state index contributed by atoms with van der Waals surface area (Å²) in [5.41, 5.74) is 6.55. The van der Waals surface area contributed by atoms with Gasteiger partial charge in [-0.05, 0) is 31.4 Å². The number of carbonyl (C=O) groups is 1. The molecule has 23 heavy (non-hydrogen) atoms. The molecule has 2 N–H and O–H groups in total. The summed E-state index contributed by atoms with van der Waals surface area (Å²) in [4.78, 5) is 21.9. The third-order valence-corrected chi connectivity index (χ3v) is 4.68. The van der Waals surface area contributed by atoms with Gasteiger partial charge >= 0.3 is 0 Å². The lowest BCUT2D eigenvalue weighted by Gasteiger charge is -2.25. The molecular formula is C17H21N5O. The van der Waals surface area contributed by atoms with E-state index in [2.05, 4.69) is 26.5 Å². The molecule has 1 saturated heterocycles. The number of aromatic nitrogens is 2. The number of rotatable bonds is 2. The molecule has 4 rings (SSSR count). The summed E-state index contributed by atoms with van der Waals surface area (Å²) in [5.74, 6) is 1.07. The molecule has 1 amide bonds. The zero-order chi connectivity index (χ0) is 15.8. The minimum atomic E-state index is -0.0174. The van der Waals surface area contributed by atoms with Gasteiger partial charge in [0.2, 0.25) is 11.9 Å². The zero-order valence-electron chi connectivity index (χ0n) is 13.3. The van der Waals surface area contributed by atoms with Crippen molar-refractivity contribution >= 4 is 28.6 Å². The van der Waals surface area contributed by atoms with Gasteiger partial charge in [-0.1, -0.05) is 13.0 Å². The largest absolute Gasteiger partial charge is 0.342 e. The van der Waals surface area contributed by atoms with E-state index in [9.17, 15) is 4.79 Å². The Morgan fingerprint density at radius 3 is 2.83 bits per heavy atom. The first-order chi connectivity index (χ1) is 11.2. The van der Waals surface area contributed by atoms with Crippen molar-refractivity contribution in [3.05, 3.63) is 23.8 Å². The highest BCUT2D eigenvalue weighted by Gasteiger charge is 2.22. The van der Waals surface area contributed by atoms with Gasteiger partial charge in [-0.25, -0.2) is 10.4 Å². The van der Waals surface area contributed by atoms with Crippen LogP contribution in [0, 0.1) is 5.92 Å². The molecule has 1 unspecified atom stereocenters. The Kier molecular flexibility index (Phi) is 3.52. The van der Waals surface area contributed by atoms with Crippen LogP contribution < -0.4 is 10.3 Å². The Morgan fingerprint density at radius 1 is 1.22 bits per heavy atom. The normalized spacial score (nSPS) is 22.1. The third-order valence-electron chi connectivity index (χ3n) is 4.68. The summed E-state index contributed by atoms with van der Waals surface area (Å²) in [6, 6.07) is 6.15. The lowest BCUT2D eigenvalue weighted by atomic mass is 9.94. The number of fused-ring (bicyclic) bond motifs is 1. The highest BCUT2D eigenvalue weighted by Crippen LogP contribution is 2.24. The molecule has 1 fully saturated rings. The maximum absolute atomic E-state index is 11.4. The van der Waals surface area contributed by atoms with Gasteiger partial charge in [0.1, 0.15) is 0 Å². The molecule has 1 aromatic heterocycles. The second-order valence-corrected chi connectivity index (χ2v) is 6.48. The number of hydrazone groups is 1. The molecule has 6 heteroatoms. The fraction of sp³-hybridized carbons (Fsp3) is 0.471. The highest BCUT2D eigenvalue weighted by molar-refractivity contribution is 6.07. The van der Waals surface area contributed by atoms with Crippen molar-refractivity contribution in [3.8, 4) is 0 Å². The summed E-state index contributed by atoms with van der Waals surface area (Å²) < 4.78 is 0. The number of piperidine rings is 1. The Balaban J connectivity index is 1.66. The average molecular weight is 311 g/mol. The molecule has 2 aliphatic rings. The number of imidazole rings is 1. The Hall–Kier alpha value is -2.37. The van der Waals surface area contributed by atoms with Crippen LogP contribution in [-0.2, 0) is 4.79 Å². The number of anilines is 1. The van der Waals surface area contributed by atoms with Gasteiger partial charge in [-0.15, -0.1) is 0 Å². The molecule has 3 heterocycles. The van der Waals surface area contributed by atoms with Crippen LogP contribution in [0.1, 0.15) is 38.2 Å². The first kappa shape index (κ1) is 14.2. The Bertz CT molecular complexity index is 772. The van der Waals surface area contributed by atoms with Gasteiger partial charge in [0.15, 0.2) is 0 Å². The molecule has 0 aliphatic carbocycles. The number of H-pyrrole nitrogens is 1. The number of hydrogen-bond acceptors (Lipinski definition) is 4. The first-order valence-corrected chi connectivity index (χ1v) is 8.32. The van der Waals surface area contributed by atoms with Crippen LogP contribution in [0.4, 0.5) is 5.95 Å². The monoisotopic (exact) mass is 311 g/mol. The molecule has 0 bridgehead atoms. The smallest absolute Gasteiger partial charge is 0.240 e. The highest BCUT2D eigenvalue weighted by atomic mass is 16.2. The van der Waals surface area contributed by atoms with Crippen molar-refractivity contribution in [2.24, 2.45) is 11.0 Å². The van der Waals surface area contributed by atoms with Gasteiger partial charge in [0.05, 0.1) is 16.7 Å². The van der Waals surface area contributed by atoms with Crippen LogP contribution >= 0.6 is 0 Å². The van der Waals surface area contributed by atoms with Crippen molar-refractivity contribution in [1.82, 2.24) is 15.4 Å². The van der Waals surface area contributed by atoms with E-state index in [0.29, 0.717) is 6.42 Å². The van der Waals surface area contributed by atoms with E-state index in [4.69, 9.17) is 4.98 Å². The van der Waals surface area contributed by atoms with E-state index in [1.165, 1.54) is 19.3 Å².